The van der Waals surface area contributed by atoms with Gasteiger partial charge in [-0.05, 0) is 30.7 Å². The summed E-state index contributed by atoms with van der Waals surface area (Å²) in [6, 6.07) is 9.72. The minimum absolute atomic E-state index is 0.131. The summed E-state index contributed by atoms with van der Waals surface area (Å²) in [5.41, 5.74) is 0.811. The van der Waals surface area contributed by atoms with Gasteiger partial charge in [-0.15, -0.1) is 0 Å². The Morgan fingerprint density at radius 1 is 1.21 bits per heavy atom. The molecule has 0 aliphatic carbocycles. The summed E-state index contributed by atoms with van der Waals surface area (Å²) in [4.78, 5) is 38.8. The molecule has 2 amide bonds. The van der Waals surface area contributed by atoms with Crippen LogP contribution in [0.25, 0.3) is 0 Å². The van der Waals surface area contributed by atoms with Crippen molar-refractivity contribution in [1.82, 2.24) is 4.90 Å². The molecule has 9 heteroatoms. The summed E-state index contributed by atoms with van der Waals surface area (Å²) >= 11 is 0. The first-order chi connectivity index (χ1) is 13.8. The number of carbonyl (C=O) groups excluding carboxylic acids is 2. The molecule has 0 bridgehead atoms. The minimum Gasteiger partial charge on any atom is -0.466 e. The number of likely N-dealkylation sites (N-methyl/N-ethyl adjacent to an activating group) is 1. The number of methoxy groups -OCH3 is 1. The van der Waals surface area contributed by atoms with Crippen LogP contribution >= 0.6 is 0 Å². The van der Waals surface area contributed by atoms with Crippen molar-refractivity contribution in [1.29, 1.82) is 0 Å². The van der Waals surface area contributed by atoms with Crippen molar-refractivity contribution in [3.05, 3.63) is 81.3 Å². The van der Waals surface area contributed by atoms with E-state index in [0.29, 0.717) is 5.56 Å². The molecule has 0 radical (unpaired) electrons. The van der Waals surface area contributed by atoms with Gasteiger partial charge in [-0.1, -0.05) is 18.2 Å². The maximum atomic E-state index is 13.8. The summed E-state index contributed by atoms with van der Waals surface area (Å²) in [5, 5.41) is 11.1. The van der Waals surface area contributed by atoms with Crippen molar-refractivity contribution in [2.75, 3.05) is 19.1 Å². The van der Waals surface area contributed by atoms with E-state index >= 15 is 0 Å². The van der Waals surface area contributed by atoms with E-state index in [1.165, 1.54) is 66.4 Å². The maximum absolute atomic E-state index is 13.8. The molecule has 0 saturated carbocycles. The lowest BCUT2D eigenvalue weighted by Gasteiger charge is -2.40. The minimum atomic E-state index is -0.874. The second kappa shape index (κ2) is 7.70. The first kappa shape index (κ1) is 20.0. The van der Waals surface area contributed by atoms with E-state index in [9.17, 15) is 24.1 Å². The van der Waals surface area contributed by atoms with Crippen LogP contribution in [0.4, 0.5) is 20.6 Å². The first-order valence-corrected chi connectivity index (χ1v) is 8.62. The number of nitrogens with zero attached hydrogens (tertiary/aromatic N) is 3. The lowest BCUT2D eigenvalue weighted by Crippen LogP contribution is -2.49. The number of carbonyl (C=O) groups is 2. The van der Waals surface area contributed by atoms with Crippen LogP contribution < -0.4 is 4.90 Å². The Morgan fingerprint density at radius 3 is 2.52 bits per heavy atom. The fourth-order valence-electron chi connectivity index (χ4n) is 3.41. The van der Waals surface area contributed by atoms with Crippen LogP contribution in [0.5, 0.6) is 0 Å². The molecule has 2 aromatic rings. The fourth-order valence-corrected chi connectivity index (χ4v) is 3.41. The molecule has 3 rings (SSSR count). The molecule has 0 saturated heterocycles. The van der Waals surface area contributed by atoms with E-state index < -0.39 is 28.8 Å². The van der Waals surface area contributed by atoms with Crippen molar-refractivity contribution in [2.24, 2.45) is 0 Å². The standard InChI is InChI=1S/C20H18FN3O5/c1-12-17(19(25)29-3)18(13-6-4-7-14(21)10-13)22(2)20(26)23(12)15-8-5-9-16(11-15)24(27)28/h4-11,18H,1-3H3. The summed E-state index contributed by atoms with van der Waals surface area (Å²) in [6.45, 7) is 1.54. The SMILES string of the molecule is COC(=O)C1=C(C)N(c2cccc([N+](=O)[O-])c2)C(=O)N(C)C1c1cccc(F)c1. The number of ether oxygens (including phenoxy) is 1. The van der Waals surface area contributed by atoms with Crippen LogP contribution in [0.15, 0.2) is 59.8 Å². The molecule has 1 aliphatic rings. The van der Waals surface area contributed by atoms with Gasteiger partial charge in [-0.3, -0.25) is 15.0 Å². The molecule has 150 valence electrons. The van der Waals surface area contributed by atoms with E-state index in [2.05, 4.69) is 0 Å². The van der Waals surface area contributed by atoms with Gasteiger partial charge in [0.1, 0.15) is 5.82 Å². The molecular formula is C20H18FN3O5. The average Bonchev–Trinajstić information content (AvgIpc) is 2.70. The number of amides is 2. The fraction of sp³-hybridized carbons (Fsp3) is 0.200. The Bertz CT molecular complexity index is 1040. The lowest BCUT2D eigenvalue weighted by atomic mass is 9.93. The lowest BCUT2D eigenvalue weighted by molar-refractivity contribution is -0.384. The van der Waals surface area contributed by atoms with Crippen LogP contribution in [0, 0.1) is 15.9 Å². The molecule has 8 nitrogen and oxygen atoms in total. The largest absolute Gasteiger partial charge is 0.466 e. The van der Waals surface area contributed by atoms with Crippen LogP contribution in [0.2, 0.25) is 0 Å². The van der Waals surface area contributed by atoms with Crippen LogP contribution in [0.1, 0.15) is 18.5 Å². The predicted octanol–water partition coefficient (Wildman–Crippen LogP) is 3.79. The van der Waals surface area contributed by atoms with E-state index in [1.54, 1.807) is 13.0 Å². The number of anilines is 1. The van der Waals surface area contributed by atoms with Gasteiger partial charge in [-0.2, -0.15) is 0 Å². The Kier molecular flexibility index (Phi) is 5.31. The zero-order valence-electron chi connectivity index (χ0n) is 16.0. The van der Waals surface area contributed by atoms with Gasteiger partial charge in [0.15, 0.2) is 0 Å². The molecule has 1 heterocycles. The number of non-ortho nitro benzene ring substituents is 1. The summed E-state index contributed by atoms with van der Waals surface area (Å²) in [7, 11) is 2.68. The van der Waals surface area contributed by atoms with E-state index in [1.807, 2.05) is 0 Å². The van der Waals surface area contributed by atoms with Gasteiger partial charge in [0.05, 0.1) is 29.3 Å². The van der Waals surface area contributed by atoms with Crippen molar-refractivity contribution in [3.8, 4) is 0 Å². The molecule has 1 unspecified atom stereocenters. The molecule has 29 heavy (non-hydrogen) atoms. The number of urea groups is 1. The highest BCUT2D eigenvalue weighted by molar-refractivity contribution is 6.03. The van der Waals surface area contributed by atoms with E-state index in [0.717, 1.165) is 0 Å². The number of esters is 1. The monoisotopic (exact) mass is 399 g/mol. The van der Waals surface area contributed by atoms with Gasteiger partial charge < -0.3 is 9.64 Å². The third-order valence-electron chi connectivity index (χ3n) is 4.75. The average molecular weight is 399 g/mol. The van der Waals surface area contributed by atoms with Gasteiger partial charge in [0, 0.05) is 24.9 Å². The quantitative estimate of drug-likeness (QED) is 0.443. The zero-order chi connectivity index (χ0) is 21.3. The second-order valence-corrected chi connectivity index (χ2v) is 6.45. The Hall–Kier alpha value is -3.75. The number of hydrogen-bond donors (Lipinski definition) is 0. The van der Waals surface area contributed by atoms with Crippen LogP contribution in [-0.4, -0.2) is 36.0 Å². The zero-order valence-corrected chi connectivity index (χ0v) is 16.0. The number of rotatable bonds is 4. The molecule has 0 N–H and O–H groups in total. The molecule has 1 atom stereocenters. The topological polar surface area (TPSA) is 93.0 Å². The molecule has 2 aromatic carbocycles. The third kappa shape index (κ3) is 3.54. The van der Waals surface area contributed by atoms with Gasteiger partial charge >= 0.3 is 12.0 Å². The van der Waals surface area contributed by atoms with Crippen molar-refractivity contribution in [2.45, 2.75) is 13.0 Å². The van der Waals surface area contributed by atoms with Crippen molar-refractivity contribution < 1.29 is 23.6 Å². The first-order valence-electron chi connectivity index (χ1n) is 8.62. The molecule has 0 fully saturated rings. The number of nitro benzene ring substituents is 1. The van der Waals surface area contributed by atoms with Crippen molar-refractivity contribution in [3.63, 3.8) is 0 Å². The van der Waals surface area contributed by atoms with Crippen LogP contribution in [-0.2, 0) is 9.53 Å². The predicted molar refractivity (Wildman–Crippen MR) is 103 cm³/mol. The summed E-state index contributed by atoms with van der Waals surface area (Å²) < 4.78 is 18.7. The van der Waals surface area contributed by atoms with Gasteiger partial charge in [0.25, 0.3) is 5.69 Å². The number of halogens is 1. The highest BCUT2D eigenvalue weighted by Gasteiger charge is 2.41. The van der Waals surface area contributed by atoms with Crippen molar-refractivity contribution >= 4 is 23.4 Å². The smallest absolute Gasteiger partial charge is 0.337 e. The molecule has 1 aliphatic heterocycles. The number of nitro groups is 1. The number of allylic oxidation sites excluding steroid dienone is 1. The molecule has 0 aromatic heterocycles. The van der Waals surface area contributed by atoms with Gasteiger partial charge in [0.2, 0.25) is 0 Å². The highest BCUT2D eigenvalue weighted by atomic mass is 19.1. The number of hydrogen-bond acceptors (Lipinski definition) is 5. The Labute approximate surface area is 165 Å². The van der Waals surface area contributed by atoms with Crippen LogP contribution in [0.3, 0.4) is 0 Å². The Balaban J connectivity index is 2.22. The molecular weight excluding hydrogens is 381 g/mol. The number of benzene rings is 2. The molecule has 0 spiro atoms. The second-order valence-electron chi connectivity index (χ2n) is 6.45. The van der Waals surface area contributed by atoms with Gasteiger partial charge in [-0.25, -0.2) is 14.0 Å². The summed E-state index contributed by atoms with van der Waals surface area (Å²) in [6.07, 6.45) is 0. The highest BCUT2D eigenvalue weighted by Crippen LogP contribution is 2.39. The Morgan fingerprint density at radius 2 is 1.90 bits per heavy atom. The summed E-state index contributed by atoms with van der Waals surface area (Å²) in [5.74, 6) is -1.20. The van der Waals surface area contributed by atoms with E-state index in [-0.39, 0.29) is 22.6 Å². The van der Waals surface area contributed by atoms with E-state index in [4.69, 9.17) is 4.74 Å². The maximum Gasteiger partial charge on any atom is 0.337 e. The normalized spacial score (nSPS) is 16.8. The third-order valence-corrected chi connectivity index (χ3v) is 4.75.